The highest BCUT2D eigenvalue weighted by Crippen LogP contribution is 2.32. The summed E-state index contributed by atoms with van der Waals surface area (Å²) in [6, 6.07) is 13.0. The monoisotopic (exact) mass is 402 g/mol. The molecule has 150 valence electrons. The van der Waals surface area contributed by atoms with E-state index in [1.54, 1.807) is 18.3 Å². The molecule has 29 heavy (non-hydrogen) atoms. The third-order valence-corrected chi connectivity index (χ3v) is 4.52. The summed E-state index contributed by atoms with van der Waals surface area (Å²) >= 11 is 0. The van der Waals surface area contributed by atoms with Crippen LogP contribution < -0.4 is 5.32 Å². The molecule has 1 heterocycles. The molecule has 0 saturated heterocycles. The van der Waals surface area contributed by atoms with Crippen molar-refractivity contribution in [3.05, 3.63) is 83.4 Å². The Balaban J connectivity index is 1.75. The minimum Gasteiger partial charge on any atom is -0.326 e. The van der Waals surface area contributed by atoms with Gasteiger partial charge in [0.2, 0.25) is 5.91 Å². The number of amides is 1. The first-order chi connectivity index (χ1) is 13.6. The molecule has 3 aromatic rings. The Bertz CT molecular complexity index is 1030. The van der Waals surface area contributed by atoms with Gasteiger partial charge in [0.1, 0.15) is 5.82 Å². The maximum Gasteiger partial charge on any atom is 0.416 e. The Kier molecular flexibility index (Phi) is 5.68. The number of nitrogens with zero attached hydrogens (tertiary/aromatic N) is 1. The van der Waals surface area contributed by atoms with Gasteiger partial charge in [0.05, 0.1) is 11.5 Å². The highest BCUT2D eigenvalue weighted by atomic mass is 19.4. The normalized spacial score (nSPS) is 12.5. The summed E-state index contributed by atoms with van der Waals surface area (Å²) in [5, 5.41) is 2.65. The van der Waals surface area contributed by atoms with Crippen LogP contribution in [0.15, 0.2) is 60.8 Å². The van der Waals surface area contributed by atoms with Gasteiger partial charge in [0.15, 0.2) is 0 Å². The van der Waals surface area contributed by atoms with E-state index in [2.05, 4.69) is 10.3 Å². The van der Waals surface area contributed by atoms with E-state index in [0.29, 0.717) is 11.8 Å². The second kappa shape index (κ2) is 8.03. The van der Waals surface area contributed by atoms with Gasteiger partial charge in [-0.1, -0.05) is 12.1 Å². The largest absolute Gasteiger partial charge is 0.416 e. The number of carbonyl (C=O) groups excluding carboxylic acids is 1. The Morgan fingerprint density at radius 2 is 1.69 bits per heavy atom. The lowest BCUT2D eigenvalue weighted by Gasteiger charge is -2.15. The van der Waals surface area contributed by atoms with Crippen LogP contribution in [0.3, 0.4) is 0 Å². The van der Waals surface area contributed by atoms with Crippen LogP contribution in [-0.4, -0.2) is 10.9 Å². The van der Waals surface area contributed by atoms with E-state index in [9.17, 15) is 22.4 Å². The zero-order valence-corrected chi connectivity index (χ0v) is 15.7. The van der Waals surface area contributed by atoms with Crippen LogP contribution in [0.2, 0.25) is 0 Å². The van der Waals surface area contributed by atoms with E-state index < -0.39 is 29.4 Å². The molecule has 0 saturated carbocycles. The molecule has 1 aromatic heterocycles. The van der Waals surface area contributed by atoms with E-state index in [0.717, 1.165) is 29.0 Å². The van der Waals surface area contributed by atoms with E-state index >= 15 is 0 Å². The standard InChI is InChI=1S/C22H18F4N2O/c1-13-9-16(7-8-27-13)15-3-5-20(6-4-15)28-21(29)14(2)17-10-18(22(24,25)26)12-19(23)11-17/h3-12,14H,1-2H3,(H,28,29). The summed E-state index contributed by atoms with van der Waals surface area (Å²) < 4.78 is 52.3. The number of halogens is 4. The maximum absolute atomic E-state index is 13.6. The third kappa shape index (κ3) is 4.99. The van der Waals surface area contributed by atoms with Gasteiger partial charge in [-0.05, 0) is 73.0 Å². The van der Waals surface area contributed by atoms with E-state index in [4.69, 9.17) is 0 Å². The number of carbonyl (C=O) groups is 1. The number of nitrogens with one attached hydrogen (secondary N) is 1. The summed E-state index contributed by atoms with van der Waals surface area (Å²) in [6.07, 6.45) is -2.98. The van der Waals surface area contributed by atoms with Gasteiger partial charge in [-0.2, -0.15) is 13.2 Å². The van der Waals surface area contributed by atoms with Crippen molar-refractivity contribution >= 4 is 11.6 Å². The number of aryl methyl sites for hydroxylation is 1. The van der Waals surface area contributed by atoms with Crippen molar-refractivity contribution in [2.24, 2.45) is 0 Å². The van der Waals surface area contributed by atoms with E-state index in [-0.39, 0.29) is 5.56 Å². The molecule has 3 nitrogen and oxygen atoms in total. The van der Waals surface area contributed by atoms with Crippen molar-refractivity contribution < 1.29 is 22.4 Å². The van der Waals surface area contributed by atoms with Crippen molar-refractivity contribution in [3.8, 4) is 11.1 Å². The van der Waals surface area contributed by atoms with Crippen LogP contribution in [-0.2, 0) is 11.0 Å². The minimum absolute atomic E-state index is 0.0429. The molecule has 0 fully saturated rings. The molecule has 1 atom stereocenters. The van der Waals surface area contributed by atoms with Crippen molar-refractivity contribution in [2.75, 3.05) is 5.32 Å². The van der Waals surface area contributed by atoms with Gasteiger partial charge in [0.25, 0.3) is 0 Å². The summed E-state index contributed by atoms with van der Waals surface area (Å²) in [5.41, 5.74) is 2.11. The highest BCUT2D eigenvalue weighted by Gasteiger charge is 2.32. The quantitative estimate of drug-likeness (QED) is 0.548. The molecule has 0 aliphatic rings. The van der Waals surface area contributed by atoms with Crippen molar-refractivity contribution in [2.45, 2.75) is 25.9 Å². The van der Waals surface area contributed by atoms with Crippen molar-refractivity contribution in [3.63, 3.8) is 0 Å². The van der Waals surface area contributed by atoms with Crippen LogP contribution in [0.5, 0.6) is 0 Å². The lowest BCUT2D eigenvalue weighted by molar-refractivity contribution is -0.138. The molecule has 1 unspecified atom stereocenters. The second-order valence-corrected chi connectivity index (χ2v) is 6.75. The number of hydrogen-bond acceptors (Lipinski definition) is 2. The summed E-state index contributed by atoms with van der Waals surface area (Å²) in [6.45, 7) is 3.31. The average molecular weight is 402 g/mol. The predicted octanol–water partition coefficient (Wildman–Crippen LogP) is 5.96. The molecular weight excluding hydrogens is 384 g/mol. The Labute approximate surface area is 165 Å². The first-order valence-electron chi connectivity index (χ1n) is 8.85. The van der Waals surface area contributed by atoms with E-state index in [1.807, 2.05) is 31.2 Å². The Morgan fingerprint density at radius 1 is 1.00 bits per heavy atom. The summed E-state index contributed by atoms with van der Waals surface area (Å²) in [4.78, 5) is 16.6. The van der Waals surface area contributed by atoms with Gasteiger partial charge in [0, 0.05) is 17.6 Å². The molecule has 2 aromatic carbocycles. The molecule has 1 amide bonds. The SMILES string of the molecule is Cc1cc(-c2ccc(NC(=O)C(C)c3cc(F)cc(C(F)(F)F)c3)cc2)ccn1. The number of benzene rings is 2. The fraction of sp³-hybridized carbons (Fsp3) is 0.182. The number of aromatic nitrogens is 1. The van der Waals surface area contributed by atoms with Crippen LogP contribution in [0.1, 0.15) is 29.7 Å². The predicted molar refractivity (Wildman–Crippen MR) is 103 cm³/mol. The van der Waals surface area contributed by atoms with Crippen LogP contribution in [0.25, 0.3) is 11.1 Å². The molecule has 0 bridgehead atoms. The number of pyridine rings is 1. The first-order valence-corrected chi connectivity index (χ1v) is 8.85. The van der Waals surface area contributed by atoms with Gasteiger partial charge < -0.3 is 5.32 Å². The molecule has 0 aliphatic carbocycles. The zero-order valence-electron chi connectivity index (χ0n) is 15.7. The van der Waals surface area contributed by atoms with Gasteiger partial charge in [-0.3, -0.25) is 9.78 Å². The third-order valence-electron chi connectivity index (χ3n) is 4.52. The fourth-order valence-corrected chi connectivity index (χ4v) is 2.90. The molecule has 1 N–H and O–H groups in total. The second-order valence-electron chi connectivity index (χ2n) is 6.75. The number of hydrogen-bond donors (Lipinski definition) is 1. The van der Waals surface area contributed by atoms with E-state index in [1.165, 1.54) is 6.92 Å². The molecule has 0 spiro atoms. The molecular formula is C22H18F4N2O. The molecule has 3 rings (SSSR count). The molecule has 7 heteroatoms. The maximum atomic E-state index is 13.6. The number of alkyl halides is 3. The first kappa shape index (κ1) is 20.5. The molecule has 0 radical (unpaired) electrons. The lowest BCUT2D eigenvalue weighted by atomic mass is 9.97. The zero-order chi connectivity index (χ0) is 21.2. The van der Waals surface area contributed by atoms with Crippen LogP contribution in [0, 0.1) is 12.7 Å². The average Bonchev–Trinajstić information content (AvgIpc) is 2.66. The fourth-order valence-electron chi connectivity index (χ4n) is 2.90. The van der Waals surface area contributed by atoms with Crippen molar-refractivity contribution in [1.29, 1.82) is 0 Å². The van der Waals surface area contributed by atoms with Gasteiger partial charge in [-0.25, -0.2) is 4.39 Å². The van der Waals surface area contributed by atoms with Crippen LogP contribution in [0.4, 0.5) is 23.2 Å². The summed E-state index contributed by atoms with van der Waals surface area (Å²) in [5.74, 6) is -2.53. The van der Waals surface area contributed by atoms with Gasteiger partial charge in [-0.15, -0.1) is 0 Å². The Morgan fingerprint density at radius 3 is 2.31 bits per heavy atom. The number of rotatable bonds is 4. The van der Waals surface area contributed by atoms with Gasteiger partial charge >= 0.3 is 6.18 Å². The topological polar surface area (TPSA) is 42.0 Å². The van der Waals surface area contributed by atoms with Crippen molar-refractivity contribution in [1.82, 2.24) is 4.98 Å². The Hall–Kier alpha value is -3.22. The molecule has 0 aliphatic heterocycles. The minimum atomic E-state index is -4.69. The highest BCUT2D eigenvalue weighted by molar-refractivity contribution is 5.95. The van der Waals surface area contributed by atoms with Crippen LogP contribution >= 0.6 is 0 Å². The summed E-state index contributed by atoms with van der Waals surface area (Å²) in [7, 11) is 0. The number of anilines is 1. The smallest absolute Gasteiger partial charge is 0.326 e. The lowest BCUT2D eigenvalue weighted by Crippen LogP contribution is -2.19.